The third-order valence-electron chi connectivity index (χ3n) is 3.74. The van der Waals surface area contributed by atoms with Crippen LogP contribution in [0.5, 0.6) is 0 Å². The van der Waals surface area contributed by atoms with E-state index in [1.165, 1.54) is 25.6 Å². The van der Waals surface area contributed by atoms with Crippen LogP contribution >= 0.6 is 11.6 Å². The molecule has 1 aromatic heterocycles. The van der Waals surface area contributed by atoms with Crippen molar-refractivity contribution in [1.82, 2.24) is 4.98 Å². The Hall–Kier alpha value is -1.99. The molecule has 0 saturated heterocycles. The van der Waals surface area contributed by atoms with Crippen molar-refractivity contribution in [3.05, 3.63) is 83.9 Å². The molecule has 4 rings (SSSR count). The van der Waals surface area contributed by atoms with Crippen molar-refractivity contribution in [2.45, 2.75) is 0 Å². The van der Waals surface area contributed by atoms with Gasteiger partial charge in [0.05, 0.1) is 0 Å². The Morgan fingerprint density at radius 2 is 1.48 bits per heavy atom. The Morgan fingerprint density at radius 1 is 0.783 bits per heavy atom. The first-order valence-electron chi connectivity index (χ1n) is 7.41. The Bertz CT molecular complexity index is 945. The SMILES string of the molecule is Clc1ccc2[nH]c(-c3ccccc3)c([Se]c3ccccc3)c2c1. The number of H-pyrrole nitrogens is 1. The van der Waals surface area contributed by atoms with Gasteiger partial charge in [0, 0.05) is 0 Å². The molecule has 0 aliphatic heterocycles. The first-order chi connectivity index (χ1) is 11.3. The van der Waals surface area contributed by atoms with Crippen LogP contribution in [0.3, 0.4) is 0 Å². The van der Waals surface area contributed by atoms with Crippen LogP contribution in [-0.4, -0.2) is 19.9 Å². The van der Waals surface area contributed by atoms with Crippen molar-refractivity contribution in [2.24, 2.45) is 0 Å². The van der Waals surface area contributed by atoms with E-state index >= 15 is 0 Å². The van der Waals surface area contributed by atoms with Crippen molar-refractivity contribution in [2.75, 3.05) is 0 Å². The molecule has 0 amide bonds. The van der Waals surface area contributed by atoms with Crippen molar-refractivity contribution in [1.29, 1.82) is 0 Å². The molecule has 0 saturated carbocycles. The van der Waals surface area contributed by atoms with Crippen molar-refractivity contribution in [3.63, 3.8) is 0 Å². The number of fused-ring (bicyclic) bond motifs is 1. The maximum absolute atomic E-state index is 6.24. The summed E-state index contributed by atoms with van der Waals surface area (Å²) in [7, 11) is 0. The number of hydrogen-bond donors (Lipinski definition) is 1. The van der Waals surface area contributed by atoms with Gasteiger partial charge in [0.2, 0.25) is 0 Å². The van der Waals surface area contributed by atoms with Gasteiger partial charge in [-0.05, 0) is 0 Å². The fraction of sp³-hybridized carbons (Fsp3) is 0. The zero-order chi connectivity index (χ0) is 15.6. The maximum atomic E-state index is 6.24. The van der Waals surface area contributed by atoms with Crippen LogP contribution < -0.4 is 8.92 Å². The number of aromatic amines is 1. The van der Waals surface area contributed by atoms with E-state index < -0.39 is 0 Å². The zero-order valence-corrected chi connectivity index (χ0v) is 14.8. The van der Waals surface area contributed by atoms with Crippen molar-refractivity contribution >= 4 is 46.4 Å². The number of halogens is 1. The molecule has 1 nitrogen and oxygen atoms in total. The average molecular weight is 383 g/mol. The Kier molecular flexibility index (Phi) is 3.97. The fourth-order valence-electron chi connectivity index (χ4n) is 2.66. The first-order valence-corrected chi connectivity index (χ1v) is 9.50. The van der Waals surface area contributed by atoms with Gasteiger partial charge in [-0.25, -0.2) is 0 Å². The van der Waals surface area contributed by atoms with Crippen LogP contribution in [0, 0.1) is 0 Å². The summed E-state index contributed by atoms with van der Waals surface area (Å²) in [6, 6.07) is 27.2. The second kappa shape index (κ2) is 6.25. The number of rotatable bonds is 3. The van der Waals surface area contributed by atoms with Crippen LogP contribution in [0.25, 0.3) is 22.2 Å². The molecule has 0 spiro atoms. The molecule has 0 aliphatic carbocycles. The predicted octanol–water partition coefficient (Wildman–Crippen LogP) is 4.14. The summed E-state index contributed by atoms with van der Waals surface area (Å²) in [6.07, 6.45) is 0. The average Bonchev–Trinajstić information content (AvgIpc) is 2.95. The minimum atomic E-state index is 0.218. The second-order valence-electron chi connectivity index (χ2n) is 5.30. The zero-order valence-electron chi connectivity index (χ0n) is 12.3. The quantitative estimate of drug-likeness (QED) is 0.513. The van der Waals surface area contributed by atoms with Gasteiger partial charge in [0.25, 0.3) is 0 Å². The molecule has 112 valence electrons. The van der Waals surface area contributed by atoms with Gasteiger partial charge < -0.3 is 0 Å². The van der Waals surface area contributed by atoms with Crippen LogP contribution in [-0.2, 0) is 0 Å². The summed E-state index contributed by atoms with van der Waals surface area (Å²) in [4.78, 5) is 3.58. The molecule has 3 aromatic carbocycles. The summed E-state index contributed by atoms with van der Waals surface area (Å²) >= 11 is 6.46. The van der Waals surface area contributed by atoms with Crippen molar-refractivity contribution < 1.29 is 0 Å². The molecule has 0 unspecified atom stereocenters. The van der Waals surface area contributed by atoms with Crippen LogP contribution in [0.4, 0.5) is 0 Å². The number of hydrogen-bond acceptors (Lipinski definition) is 0. The topological polar surface area (TPSA) is 15.8 Å². The molecule has 0 atom stereocenters. The molecule has 3 heteroatoms. The molecule has 0 fully saturated rings. The molecule has 0 bridgehead atoms. The van der Waals surface area contributed by atoms with Crippen molar-refractivity contribution in [3.8, 4) is 11.3 Å². The molecule has 23 heavy (non-hydrogen) atoms. The minimum absolute atomic E-state index is 0.218. The van der Waals surface area contributed by atoms with Crippen LogP contribution in [0.15, 0.2) is 78.9 Å². The molecular weight excluding hydrogens is 369 g/mol. The van der Waals surface area contributed by atoms with E-state index in [-0.39, 0.29) is 15.0 Å². The molecule has 1 heterocycles. The van der Waals surface area contributed by atoms with E-state index in [2.05, 4.69) is 71.7 Å². The fourth-order valence-corrected chi connectivity index (χ4v) is 5.10. The summed E-state index contributed by atoms with van der Waals surface area (Å²) in [6.45, 7) is 0. The van der Waals surface area contributed by atoms with Crippen LogP contribution in [0.2, 0.25) is 5.02 Å². The number of benzene rings is 3. The Morgan fingerprint density at radius 3 is 2.22 bits per heavy atom. The van der Waals surface area contributed by atoms with E-state index in [4.69, 9.17) is 11.6 Å². The second-order valence-corrected chi connectivity index (χ2v) is 8.01. The van der Waals surface area contributed by atoms with Gasteiger partial charge in [-0.3, -0.25) is 0 Å². The molecule has 4 aromatic rings. The van der Waals surface area contributed by atoms with E-state index in [0.29, 0.717) is 0 Å². The normalized spacial score (nSPS) is 11.0. The van der Waals surface area contributed by atoms with Gasteiger partial charge in [-0.1, -0.05) is 0 Å². The predicted molar refractivity (Wildman–Crippen MR) is 100 cm³/mol. The standard InChI is InChI=1S/C20H14ClNSe/c21-15-11-12-18-17(13-15)20(23-16-9-5-2-6-10-16)19(22-18)14-7-3-1-4-8-14/h1-13,22H. The third-order valence-corrected chi connectivity index (χ3v) is 6.36. The molecule has 0 aliphatic rings. The summed E-state index contributed by atoms with van der Waals surface area (Å²) in [5.74, 6) is 0. The van der Waals surface area contributed by atoms with Gasteiger partial charge >= 0.3 is 147 Å². The van der Waals surface area contributed by atoms with E-state index in [9.17, 15) is 0 Å². The number of aromatic nitrogens is 1. The van der Waals surface area contributed by atoms with E-state index in [0.717, 1.165) is 10.5 Å². The van der Waals surface area contributed by atoms with Gasteiger partial charge in [0.1, 0.15) is 0 Å². The summed E-state index contributed by atoms with van der Waals surface area (Å²) < 4.78 is 2.71. The van der Waals surface area contributed by atoms with Gasteiger partial charge in [-0.15, -0.1) is 0 Å². The van der Waals surface area contributed by atoms with Gasteiger partial charge in [-0.2, -0.15) is 0 Å². The molecule has 1 N–H and O–H groups in total. The summed E-state index contributed by atoms with van der Waals surface area (Å²) in [5, 5.41) is 2.00. The first kappa shape index (κ1) is 14.6. The van der Waals surface area contributed by atoms with E-state index in [1.54, 1.807) is 0 Å². The molecule has 0 radical (unpaired) electrons. The Balaban J connectivity index is 1.93. The third kappa shape index (κ3) is 2.94. The summed E-state index contributed by atoms with van der Waals surface area (Å²) in [5.41, 5.74) is 3.56. The van der Waals surface area contributed by atoms with Crippen LogP contribution in [0.1, 0.15) is 0 Å². The monoisotopic (exact) mass is 383 g/mol. The van der Waals surface area contributed by atoms with E-state index in [1.807, 2.05) is 12.1 Å². The molecular formula is C20H14ClNSe. The van der Waals surface area contributed by atoms with Gasteiger partial charge in [0.15, 0.2) is 0 Å². The number of nitrogens with one attached hydrogen (secondary N) is 1. The Labute approximate surface area is 146 Å².